The maximum Gasteiger partial charge on any atom is 0.264 e. The van der Waals surface area contributed by atoms with Crippen LogP contribution in [0.2, 0.25) is 0 Å². The number of carbonyl (C=O) groups is 1. The summed E-state index contributed by atoms with van der Waals surface area (Å²) in [7, 11) is 6.29. The van der Waals surface area contributed by atoms with Crippen molar-refractivity contribution in [2.45, 2.75) is 12.5 Å². The minimum Gasteiger partial charge on any atom is -0.493 e. The van der Waals surface area contributed by atoms with Crippen molar-refractivity contribution in [3.05, 3.63) is 65.7 Å². The number of rotatable bonds is 10. The van der Waals surface area contributed by atoms with Crippen LogP contribution in [-0.4, -0.2) is 51.6 Å². The second kappa shape index (κ2) is 11.5. The maximum absolute atomic E-state index is 12.6. The third-order valence-corrected chi connectivity index (χ3v) is 7.19. The van der Waals surface area contributed by atoms with Crippen molar-refractivity contribution < 1.29 is 28.5 Å². The van der Waals surface area contributed by atoms with Crippen LogP contribution in [0.3, 0.4) is 0 Å². The number of fused-ring (bicyclic) bond motifs is 1. The van der Waals surface area contributed by atoms with Gasteiger partial charge in [0.25, 0.3) is 5.91 Å². The van der Waals surface area contributed by atoms with Crippen LogP contribution in [-0.2, 0) is 4.79 Å². The Balaban J connectivity index is 1.27. The van der Waals surface area contributed by atoms with Crippen molar-refractivity contribution in [1.82, 2.24) is 10.4 Å². The molecule has 1 amide bonds. The molecular formula is C28H28N4O6S. The summed E-state index contributed by atoms with van der Waals surface area (Å²) in [5.41, 5.74) is 6.66. The molecule has 202 valence electrons. The van der Waals surface area contributed by atoms with Gasteiger partial charge in [0.05, 0.1) is 50.4 Å². The van der Waals surface area contributed by atoms with Crippen LogP contribution in [0.1, 0.15) is 23.6 Å². The Morgan fingerprint density at radius 1 is 0.949 bits per heavy atom. The number of nitrogens with one attached hydrogen (secondary N) is 2. The van der Waals surface area contributed by atoms with E-state index in [1.54, 1.807) is 28.4 Å². The molecule has 11 heteroatoms. The molecular weight excluding hydrogens is 520 g/mol. The van der Waals surface area contributed by atoms with Gasteiger partial charge in [-0.25, -0.2) is 4.98 Å². The molecule has 2 heterocycles. The number of methoxy groups -OCH3 is 4. The molecule has 1 aromatic heterocycles. The first-order valence-corrected chi connectivity index (χ1v) is 12.9. The third kappa shape index (κ3) is 5.53. The topological polar surface area (TPSA) is 113 Å². The second-order valence-electron chi connectivity index (χ2n) is 8.59. The molecule has 0 saturated heterocycles. The number of benzene rings is 3. The lowest BCUT2D eigenvalue weighted by atomic mass is 9.98. The molecule has 5 rings (SSSR count). The Morgan fingerprint density at radius 2 is 1.69 bits per heavy atom. The largest absolute Gasteiger partial charge is 0.493 e. The summed E-state index contributed by atoms with van der Waals surface area (Å²) in [5.74, 6) is 2.31. The van der Waals surface area contributed by atoms with Gasteiger partial charge in [0.1, 0.15) is 0 Å². The number of aromatic nitrogens is 1. The van der Waals surface area contributed by atoms with Crippen LogP contribution < -0.4 is 34.4 Å². The van der Waals surface area contributed by atoms with Gasteiger partial charge < -0.3 is 29.1 Å². The predicted octanol–water partition coefficient (Wildman–Crippen LogP) is 4.79. The molecule has 3 aromatic carbocycles. The van der Waals surface area contributed by atoms with Crippen molar-refractivity contribution in [3.63, 3.8) is 0 Å². The number of hydrogen-bond donors (Lipinski definition) is 2. The fraction of sp³-hybridized carbons (Fsp3) is 0.250. The number of hydrogen-bond acceptors (Lipinski definition) is 10. The number of para-hydroxylation sites is 1. The van der Waals surface area contributed by atoms with Crippen LogP contribution >= 0.6 is 11.3 Å². The monoisotopic (exact) mass is 548 g/mol. The molecule has 0 fully saturated rings. The lowest BCUT2D eigenvalue weighted by Crippen LogP contribution is -2.20. The Morgan fingerprint density at radius 3 is 2.38 bits per heavy atom. The first-order chi connectivity index (χ1) is 19.0. The summed E-state index contributed by atoms with van der Waals surface area (Å²) in [6.45, 7) is -0.193. The zero-order valence-corrected chi connectivity index (χ0v) is 22.8. The zero-order valence-electron chi connectivity index (χ0n) is 21.9. The Bertz CT molecular complexity index is 1480. The molecule has 0 saturated carbocycles. The Hall–Kier alpha value is -4.51. The van der Waals surface area contributed by atoms with E-state index in [9.17, 15) is 4.79 Å². The number of nitrogens with zero attached hydrogens (tertiary/aromatic N) is 2. The van der Waals surface area contributed by atoms with Crippen molar-refractivity contribution in [1.29, 1.82) is 0 Å². The van der Waals surface area contributed by atoms with E-state index >= 15 is 0 Å². The molecule has 1 unspecified atom stereocenters. The first-order valence-electron chi connectivity index (χ1n) is 12.1. The fourth-order valence-corrected chi connectivity index (χ4v) is 5.19. The summed E-state index contributed by atoms with van der Waals surface area (Å²) >= 11 is 1.41. The number of ether oxygens (including phenoxy) is 5. The van der Waals surface area contributed by atoms with Crippen LogP contribution in [0.25, 0.3) is 10.2 Å². The van der Waals surface area contributed by atoms with Crippen molar-refractivity contribution >= 4 is 38.3 Å². The molecule has 1 atom stereocenters. The van der Waals surface area contributed by atoms with Gasteiger partial charge in [-0.05, 0) is 42.0 Å². The van der Waals surface area contributed by atoms with Gasteiger partial charge in [0, 0.05) is 12.0 Å². The normalized spacial score (nSPS) is 14.4. The molecule has 10 nitrogen and oxygen atoms in total. The molecule has 1 aliphatic heterocycles. The quantitative estimate of drug-likeness (QED) is 0.291. The van der Waals surface area contributed by atoms with Crippen molar-refractivity contribution in [3.8, 4) is 28.7 Å². The van der Waals surface area contributed by atoms with Crippen molar-refractivity contribution in [2.24, 2.45) is 5.10 Å². The fourth-order valence-electron chi connectivity index (χ4n) is 4.31. The highest BCUT2D eigenvalue weighted by molar-refractivity contribution is 7.22. The van der Waals surface area contributed by atoms with E-state index in [2.05, 4.69) is 20.8 Å². The van der Waals surface area contributed by atoms with E-state index < -0.39 is 0 Å². The highest BCUT2D eigenvalue weighted by atomic mass is 32.1. The summed E-state index contributed by atoms with van der Waals surface area (Å²) in [6, 6.07) is 17.0. The van der Waals surface area contributed by atoms with Crippen LogP contribution in [0.15, 0.2) is 59.7 Å². The minimum absolute atomic E-state index is 0.107. The van der Waals surface area contributed by atoms with E-state index in [0.29, 0.717) is 40.3 Å². The number of thiazole rings is 1. The van der Waals surface area contributed by atoms with E-state index in [4.69, 9.17) is 23.7 Å². The molecule has 0 spiro atoms. The molecule has 39 heavy (non-hydrogen) atoms. The third-order valence-electron chi connectivity index (χ3n) is 6.24. The molecule has 0 aliphatic carbocycles. The standard InChI is InChI=1S/C28H28N4O6S/c1-34-21-10-9-16(11-22(21)38-15-26(33)30-28-29-18-7-5-6-8-25(18)39-28)19-14-20(32-31-19)17-12-23(35-2)27(37-4)24(13-17)36-3/h5-13,19,31H,14-15H2,1-4H3,(H,29,30,33). The van der Waals surface area contributed by atoms with Gasteiger partial charge in [0.15, 0.2) is 34.7 Å². The summed E-state index contributed by atoms with van der Waals surface area (Å²) < 4.78 is 28.7. The summed E-state index contributed by atoms with van der Waals surface area (Å²) in [6.07, 6.45) is 0.614. The Labute approximate surface area is 229 Å². The maximum atomic E-state index is 12.6. The SMILES string of the molecule is COc1ccc(C2CC(c3cc(OC)c(OC)c(OC)c3)=NN2)cc1OCC(=O)Nc1nc2ccccc2s1. The molecule has 0 radical (unpaired) electrons. The van der Waals surface area contributed by atoms with E-state index in [1.165, 1.54) is 11.3 Å². The van der Waals surface area contributed by atoms with Crippen LogP contribution in [0.4, 0.5) is 5.13 Å². The predicted molar refractivity (Wildman–Crippen MR) is 150 cm³/mol. The number of hydrazone groups is 1. The van der Waals surface area contributed by atoms with Gasteiger partial charge in [-0.3, -0.25) is 10.1 Å². The van der Waals surface area contributed by atoms with Gasteiger partial charge in [-0.2, -0.15) is 5.10 Å². The van der Waals surface area contributed by atoms with Gasteiger partial charge in [0.2, 0.25) is 5.75 Å². The van der Waals surface area contributed by atoms with Gasteiger partial charge in [-0.1, -0.05) is 29.5 Å². The highest BCUT2D eigenvalue weighted by Gasteiger charge is 2.25. The zero-order chi connectivity index (χ0) is 27.4. The summed E-state index contributed by atoms with van der Waals surface area (Å²) in [5, 5.41) is 7.88. The average molecular weight is 549 g/mol. The highest BCUT2D eigenvalue weighted by Crippen LogP contribution is 2.40. The van der Waals surface area contributed by atoms with Gasteiger partial charge in [-0.15, -0.1) is 0 Å². The van der Waals surface area contributed by atoms with Crippen molar-refractivity contribution in [2.75, 3.05) is 40.4 Å². The minimum atomic E-state index is -0.312. The average Bonchev–Trinajstić information content (AvgIpc) is 3.62. The molecule has 1 aliphatic rings. The first kappa shape index (κ1) is 26.1. The van der Waals surface area contributed by atoms with E-state index in [-0.39, 0.29) is 18.6 Å². The van der Waals surface area contributed by atoms with E-state index in [0.717, 1.165) is 27.1 Å². The van der Waals surface area contributed by atoms with Gasteiger partial charge >= 0.3 is 0 Å². The molecule has 0 bridgehead atoms. The second-order valence-corrected chi connectivity index (χ2v) is 9.62. The number of carbonyl (C=O) groups excluding carboxylic acids is 1. The van der Waals surface area contributed by atoms with Crippen LogP contribution in [0, 0.1) is 0 Å². The van der Waals surface area contributed by atoms with E-state index in [1.807, 2.05) is 54.6 Å². The molecule has 4 aromatic rings. The number of anilines is 1. The lowest BCUT2D eigenvalue weighted by Gasteiger charge is -2.16. The number of amides is 1. The van der Waals surface area contributed by atoms with Crippen LogP contribution in [0.5, 0.6) is 28.7 Å². The smallest absolute Gasteiger partial charge is 0.264 e. The Kier molecular flexibility index (Phi) is 7.69. The molecule has 2 N–H and O–H groups in total. The summed E-state index contributed by atoms with van der Waals surface area (Å²) in [4.78, 5) is 17.0. The lowest BCUT2D eigenvalue weighted by molar-refractivity contribution is -0.118.